The van der Waals surface area contributed by atoms with Gasteiger partial charge in [-0.1, -0.05) is 17.3 Å². The molecule has 0 saturated carbocycles. The maximum Gasteiger partial charge on any atom is 0.296 e. The summed E-state index contributed by atoms with van der Waals surface area (Å²) < 4.78 is 6.45. The minimum Gasteiger partial charge on any atom is -0.497 e. The molecule has 2 heterocycles. The van der Waals surface area contributed by atoms with E-state index < -0.39 is 0 Å². The van der Waals surface area contributed by atoms with E-state index in [-0.39, 0.29) is 11.6 Å². The monoisotopic (exact) mass is 271 g/mol. The molecule has 0 amide bonds. The van der Waals surface area contributed by atoms with Gasteiger partial charge in [0, 0.05) is 0 Å². The van der Waals surface area contributed by atoms with Crippen LogP contribution in [0.2, 0.25) is 0 Å². The van der Waals surface area contributed by atoms with Crippen molar-refractivity contribution in [1.29, 1.82) is 0 Å². The van der Waals surface area contributed by atoms with E-state index in [4.69, 9.17) is 4.74 Å². The molecule has 1 atom stereocenters. The molecule has 1 N–H and O–H groups in total. The van der Waals surface area contributed by atoms with Crippen LogP contribution in [0.1, 0.15) is 18.5 Å². The highest BCUT2D eigenvalue weighted by Gasteiger charge is 2.14. The van der Waals surface area contributed by atoms with Crippen molar-refractivity contribution in [3.05, 3.63) is 46.4 Å². The Kier molecular flexibility index (Phi) is 2.94. The van der Waals surface area contributed by atoms with Crippen LogP contribution in [0.4, 0.5) is 0 Å². The van der Waals surface area contributed by atoms with E-state index in [1.165, 1.54) is 10.9 Å². The van der Waals surface area contributed by atoms with Crippen LogP contribution in [0.5, 0.6) is 5.75 Å². The molecule has 0 fully saturated rings. The summed E-state index contributed by atoms with van der Waals surface area (Å²) in [5.41, 5.74) is 1.53. The molecule has 2 aromatic heterocycles. The van der Waals surface area contributed by atoms with Crippen LogP contribution >= 0.6 is 0 Å². The first kappa shape index (κ1) is 12.3. The molecular weight excluding hydrogens is 258 g/mol. The molecule has 7 heteroatoms. The Labute approximate surface area is 114 Å². The molecule has 0 unspecified atom stereocenters. The molecule has 3 aromatic rings. The Hall–Kier alpha value is -2.70. The third-order valence-corrected chi connectivity index (χ3v) is 3.26. The number of rotatable bonds is 3. The summed E-state index contributed by atoms with van der Waals surface area (Å²) in [6.07, 6.45) is 1.48. The van der Waals surface area contributed by atoms with Crippen LogP contribution < -0.4 is 10.3 Å². The van der Waals surface area contributed by atoms with E-state index >= 15 is 0 Å². The Bertz CT molecular complexity index is 790. The minimum atomic E-state index is -0.240. The number of H-pyrrole nitrogens is 1. The predicted molar refractivity (Wildman–Crippen MR) is 72.8 cm³/mol. The predicted octanol–water partition coefficient (Wildman–Crippen LogP) is 1.13. The van der Waals surface area contributed by atoms with Gasteiger partial charge in [-0.15, -0.1) is 5.10 Å². The van der Waals surface area contributed by atoms with E-state index in [1.54, 1.807) is 7.11 Å². The van der Waals surface area contributed by atoms with Crippen molar-refractivity contribution in [3.63, 3.8) is 0 Å². The van der Waals surface area contributed by atoms with Gasteiger partial charge < -0.3 is 4.74 Å². The van der Waals surface area contributed by atoms with E-state index in [0.717, 1.165) is 11.3 Å². The van der Waals surface area contributed by atoms with Crippen LogP contribution in [0.25, 0.3) is 11.0 Å². The number of benzene rings is 1. The Morgan fingerprint density at radius 3 is 2.75 bits per heavy atom. The lowest BCUT2D eigenvalue weighted by Crippen LogP contribution is -2.27. The van der Waals surface area contributed by atoms with Crippen molar-refractivity contribution >= 4 is 11.0 Å². The normalized spacial score (nSPS) is 12.5. The number of fused-ring (bicyclic) bond motifs is 1. The second-order valence-corrected chi connectivity index (χ2v) is 4.42. The highest BCUT2D eigenvalue weighted by Crippen LogP contribution is 2.19. The lowest BCUT2D eigenvalue weighted by molar-refractivity contribution is 0.414. The lowest BCUT2D eigenvalue weighted by atomic mass is 10.1. The highest BCUT2D eigenvalue weighted by molar-refractivity contribution is 5.70. The van der Waals surface area contributed by atoms with Gasteiger partial charge in [-0.3, -0.25) is 9.89 Å². The molecule has 20 heavy (non-hydrogen) atoms. The number of nitrogens with zero attached hydrogens (tertiary/aromatic N) is 4. The zero-order chi connectivity index (χ0) is 14.1. The van der Waals surface area contributed by atoms with E-state index in [9.17, 15) is 4.79 Å². The first-order valence-corrected chi connectivity index (χ1v) is 6.13. The molecule has 0 aliphatic carbocycles. The fourth-order valence-electron chi connectivity index (χ4n) is 2.04. The van der Waals surface area contributed by atoms with Crippen molar-refractivity contribution in [1.82, 2.24) is 25.2 Å². The van der Waals surface area contributed by atoms with Crippen molar-refractivity contribution < 1.29 is 4.74 Å². The van der Waals surface area contributed by atoms with Gasteiger partial charge in [0.2, 0.25) is 0 Å². The van der Waals surface area contributed by atoms with Gasteiger partial charge >= 0.3 is 0 Å². The molecule has 0 aliphatic rings. The molecule has 0 radical (unpaired) electrons. The van der Waals surface area contributed by atoms with Gasteiger partial charge in [0.1, 0.15) is 11.3 Å². The van der Waals surface area contributed by atoms with Crippen LogP contribution in [-0.2, 0) is 0 Å². The number of aromatic amines is 1. The molecule has 0 spiro atoms. The van der Waals surface area contributed by atoms with Crippen molar-refractivity contribution in [2.75, 3.05) is 7.11 Å². The fourth-order valence-corrected chi connectivity index (χ4v) is 2.04. The molecule has 102 valence electrons. The Morgan fingerprint density at radius 2 is 2.05 bits per heavy atom. The molecule has 1 aromatic carbocycles. The largest absolute Gasteiger partial charge is 0.497 e. The maximum absolute atomic E-state index is 12.3. The maximum atomic E-state index is 12.3. The Balaban J connectivity index is 2.04. The third kappa shape index (κ3) is 1.93. The topological polar surface area (TPSA) is 85.7 Å². The van der Waals surface area contributed by atoms with Gasteiger partial charge in [0.05, 0.1) is 19.3 Å². The standard InChI is InChI=1S/C13H13N5O2/c1-8(9-3-5-10(20-2)6-4-9)18-13(19)12-11(15-17-18)7-14-16-12/h3-8H,1-2H3,(H,14,16)/t8-/m0/s1. The zero-order valence-electron chi connectivity index (χ0n) is 11.1. The summed E-state index contributed by atoms with van der Waals surface area (Å²) >= 11 is 0. The molecule has 3 rings (SSSR count). The Morgan fingerprint density at radius 1 is 1.30 bits per heavy atom. The summed E-state index contributed by atoms with van der Waals surface area (Å²) in [5, 5.41) is 14.4. The number of hydrogen-bond donors (Lipinski definition) is 1. The average Bonchev–Trinajstić information content (AvgIpc) is 2.96. The van der Waals surface area contributed by atoms with E-state index in [1.807, 2.05) is 31.2 Å². The first-order chi connectivity index (χ1) is 9.70. The summed E-state index contributed by atoms with van der Waals surface area (Å²) in [4.78, 5) is 12.3. The van der Waals surface area contributed by atoms with E-state index in [2.05, 4.69) is 20.5 Å². The van der Waals surface area contributed by atoms with Crippen molar-refractivity contribution in [3.8, 4) is 5.75 Å². The first-order valence-electron chi connectivity index (χ1n) is 6.13. The zero-order valence-corrected chi connectivity index (χ0v) is 11.1. The molecule has 7 nitrogen and oxygen atoms in total. The second kappa shape index (κ2) is 4.76. The van der Waals surface area contributed by atoms with Gasteiger partial charge in [-0.2, -0.15) is 5.10 Å². The lowest BCUT2D eigenvalue weighted by Gasteiger charge is -2.13. The smallest absolute Gasteiger partial charge is 0.296 e. The van der Waals surface area contributed by atoms with Crippen molar-refractivity contribution in [2.24, 2.45) is 0 Å². The number of hydrogen-bond acceptors (Lipinski definition) is 5. The second-order valence-electron chi connectivity index (χ2n) is 4.42. The SMILES string of the molecule is COc1ccc([C@H](C)n2nnc3cn[nH]c3c2=O)cc1. The number of ether oxygens (including phenoxy) is 1. The minimum absolute atomic E-state index is 0.228. The van der Waals surface area contributed by atoms with E-state index in [0.29, 0.717) is 11.0 Å². The van der Waals surface area contributed by atoms with Gasteiger partial charge in [0.15, 0.2) is 5.52 Å². The fraction of sp³-hybridized carbons (Fsp3) is 0.231. The highest BCUT2D eigenvalue weighted by atomic mass is 16.5. The average molecular weight is 271 g/mol. The quantitative estimate of drug-likeness (QED) is 0.771. The number of nitrogens with one attached hydrogen (secondary N) is 1. The number of aromatic nitrogens is 5. The molecule has 0 saturated heterocycles. The number of methoxy groups -OCH3 is 1. The summed E-state index contributed by atoms with van der Waals surface area (Å²) in [6, 6.07) is 7.26. The van der Waals surface area contributed by atoms with Gasteiger partial charge in [0.25, 0.3) is 5.56 Å². The van der Waals surface area contributed by atoms with Gasteiger partial charge in [-0.25, -0.2) is 4.68 Å². The van der Waals surface area contributed by atoms with Crippen LogP contribution in [0, 0.1) is 0 Å². The summed E-state index contributed by atoms with van der Waals surface area (Å²) in [6.45, 7) is 1.89. The summed E-state index contributed by atoms with van der Waals surface area (Å²) in [7, 11) is 1.61. The van der Waals surface area contributed by atoms with Crippen LogP contribution in [-0.4, -0.2) is 32.3 Å². The molecule has 0 bridgehead atoms. The molecular formula is C13H13N5O2. The van der Waals surface area contributed by atoms with Crippen LogP contribution in [0.15, 0.2) is 35.3 Å². The van der Waals surface area contributed by atoms with Gasteiger partial charge in [-0.05, 0) is 24.6 Å². The third-order valence-electron chi connectivity index (χ3n) is 3.26. The van der Waals surface area contributed by atoms with Crippen molar-refractivity contribution in [2.45, 2.75) is 13.0 Å². The van der Waals surface area contributed by atoms with Crippen LogP contribution in [0.3, 0.4) is 0 Å². The molecule has 0 aliphatic heterocycles. The summed E-state index contributed by atoms with van der Waals surface area (Å²) in [5.74, 6) is 0.767.